The van der Waals surface area contributed by atoms with Crippen molar-refractivity contribution in [2.75, 3.05) is 57.5 Å². The molecule has 0 bridgehead atoms. The fourth-order valence-corrected chi connectivity index (χ4v) is 5.31. The van der Waals surface area contributed by atoms with E-state index in [1.54, 1.807) is 32.2 Å². The Morgan fingerprint density at radius 3 is 2.45 bits per heavy atom. The topological polar surface area (TPSA) is 152 Å². The summed E-state index contributed by atoms with van der Waals surface area (Å²) in [4.78, 5) is 11.5. The van der Waals surface area contributed by atoms with E-state index in [2.05, 4.69) is 5.32 Å². The number of hydrogen-bond acceptors (Lipinski definition) is 10. The van der Waals surface area contributed by atoms with Crippen molar-refractivity contribution in [3.8, 4) is 17.1 Å². The average molecular weight is 567 g/mol. The van der Waals surface area contributed by atoms with Gasteiger partial charge in [0.2, 0.25) is 10.0 Å². The van der Waals surface area contributed by atoms with Gasteiger partial charge in [-0.1, -0.05) is 11.6 Å². The van der Waals surface area contributed by atoms with E-state index in [1.165, 1.54) is 17.5 Å². The van der Waals surface area contributed by atoms with Crippen LogP contribution in [0.2, 0.25) is 5.02 Å². The van der Waals surface area contributed by atoms with Gasteiger partial charge in [0.25, 0.3) is 0 Å². The van der Waals surface area contributed by atoms with E-state index in [1.807, 2.05) is 11.8 Å². The molecular formula is C25H35ClN6O5S. The van der Waals surface area contributed by atoms with Crippen molar-refractivity contribution in [2.24, 2.45) is 0 Å². The molecule has 1 atom stereocenters. The van der Waals surface area contributed by atoms with Gasteiger partial charge in [-0.3, -0.25) is 0 Å². The van der Waals surface area contributed by atoms with E-state index >= 15 is 0 Å². The highest BCUT2D eigenvalue weighted by atomic mass is 35.5. The molecule has 208 valence electrons. The summed E-state index contributed by atoms with van der Waals surface area (Å²) in [5, 5.41) is 31.9. The monoisotopic (exact) mass is 566 g/mol. The molecule has 1 aliphatic rings. The first-order chi connectivity index (χ1) is 17.8. The number of halogens is 1. The Labute approximate surface area is 228 Å². The molecule has 0 saturated carbocycles. The second-order valence-electron chi connectivity index (χ2n) is 9.24. The number of ether oxygens (including phenoxy) is 1. The van der Waals surface area contributed by atoms with E-state index in [0.717, 1.165) is 0 Å². The zero-order valence-corrected chi connectivity index (χ0v) is 23.8. The van der Waals surface area contributed by atoms with Crippen LogP contribution >= 0.6 is 11.6 Å². The van der Waals surface area contributed by atoms with Crippen molar-refractivity contribution in [1.82, 2.24) is 19.6 Å². The highest BCUT2D eigenvalue weighted by Crippen LogP contribution is 2.35. The van der Waals surface area contributed by atoms with Crippen LogP contribution in [0.1, 0.15) is 25.1 Å². The van der Waals surface area contributed by atoms with E-state index in [9.17, 15) is 18.6 Å². The maximum absolute atomic E-state index is 12.0. The predicted molar refractivity (Wildman–Crippen MR) is 150 cm³/mol. The molecule has 1 aliphatic heterocycles. The third-order valence-electron chi connectivity index (χ3n) is 6.16. The molecule has 1 saturated heterocycles. The van der Waals surface area contributed by atoms with Crippen LogP contribution in [0.4, 0.5) is 5.82 Å². The minimum absolute atomic E-state index is 0.0557. The molecule has 3 rings (SSSR count). The van der Waals surface area contributed by atoms with Gasteiger partial charge in [-0.15, -0.1) is 0 Å². The Hall–Kier alpha value is -2.77. The fourth-order valence-electron chi connectivity index (χ4n) is 4.28. The smallest absolute Gasteiger partial charge is 0.211 e. The minimum Gasteiger partial charge on any atom is -0.512 e. The molecular weight excluding hydrogens is 532 g/mol. The molecule has 4 N–H and O–H groups in total. The number of aliphatic hydroxyl groups excluding tert-OH is 2. The number of nitrogens with one attached hydrogen (secondary N) is 2. The van der Waals surface area contributed by atoms with E-state index in [0.29, 0.717) is 66.1 Å². The van der Waals surface area contributed by atoms with Gasteiger partial charge in [0.05, 0.1) is 22.5 Å². The minimum atomic E-state index is -3.31. The zero-order chi connectivity index (χ0) is 28.2. The number of nitrogens with zero attached hydrogens (tertiary/aromatic N) is 4. The summed E-state index contributed by atoms with van der Waals surface area (Å²) in [5.74, 6) is 1.23. The van der Waals surface area contributed by atoms with Crippen LogP contribution in [0.3, 0.4) is 0 Å². The summed E-state index contributed by atoms with van der Waals surface area (Å²) in [6, 6.07) is 5.02. The van der Waals surface area contributed by atoms with Crippen molar-refractivity contribution >= 4 is 38.7 Å². The third kappa shape index (κ3) is 7.00. The number of likely N-dealkylation sites (N-methyl/N-ethyl adjacent to an activating group) is 1. The molecule has 0 radical (unpaired) electrons. The molecule has 0 unspecified atom stereocenters. The van der Waals surface area contributed by atoms with E-state index in [-0.39, 0.29) is 29.5 Å². The van der Waals surface area contributed by atoms with Gasteiger partial charge in [-0.2, -0.15) is 4.31 Å². The van der Waals surface area contributed by atoms with Crippen molar-refractivity contribution < 1.29 is 23.4 Å². The molecule has 0 aliphatic carbocycles. The molecule has 13 heteroatoms. The maximum atomic E-state index is 12.0. The second-order valence-corrected chi connectivity index (χ2v) is 11.6. The number of benzene rings is 1. The first-order valence-electron chi connectivity index (χ1n) is 12.1. The zero-order valence-electron chi connectivity index (χ0n) is 22.2. The SMILES string of the molecule is CNC[C@@H](O)COc1ccc(Cl)c(-c2nc(/C(C(C)=N)=C(\C)O)c(C)c(N3CCN(S(C)(=O)=O)CC3)n2)c1. The lowest BCUT2D eigenvalue weighted by molar-refractivity contribution is 0.108. The van der Waals surface area contributed by atoms with Gasteiger partial charge in [-0.25, -0.2) is 18.4 Å². The average Bonchev–Trinajstić information content (AvgIpc) is 2.84. The first-order valence-corrected chi connectivity index (χ1v) is 14.4. The molecule has 1 aromatic heterocycles. The Morgan fingerprint density at radius 1 is 1.24 bits per heavy atom. The maximum Gasteiger partial charge on any atom is 0.211 e. The number of aromatic nitrogens is 2. The van der Waals surface area contributed by atoms with Crippen molar-refractivity contribution in [3.63, 3.8) is 0 Å². The van der Waals surface area contributed by atoms with E-state index < -0.39 is 16.1 Å². The Morgan fingerprint density at radius 2 is 1.89 bits per heavy atom. The lowest BCUT2D eigenvalue weighted by Gasteiger charge is -2.35. The molecule has 1 aromatic carbocycles. The predicted octanol–water partition coefficient (Wildman–Crippen LogP) is 2.47. The molecule has 0 amide bonds. The summed E-state index contributed by atoms with van der Waals surface area (Å²) in [7, 11) is -1.57. The number of rotatable bonds is 10. The van der Waals surface area contributed by atoms with Crippen LogP contribution < -0.4 is 15.0 Å². The Balaban J connectivity index is 2.11. The van der Waals surface area contributed by atoms with Crippen molar-refractivity contribution in [2.45, 2.75) is 26.9 Å². The lowest BCUT2D eigenvalue weighted by Crippen LogP contribution is -2.48. The van der Waals surface area contributed by atoms with Crippen LogP contribution in [0.15, 0.2) is 24.0 Å². The van der Waals surface area contributed by atoms with Gasteiger partial charge >= 0.3 is 0 Å². The van der Waals surface area contributed by atoms with Crippen LogP contribution in [0, 0.1) is 12.3 Å². The quantitative estimate of drug-likeness (QED) is 0.251. The fraction of sp³-hybridized carbons (Fsp3) is 0.480. The Bertz CT molecular complexity index is 1320. The normalized spacial score (nSPS) is 16.2. The number of hydrogen-bond donors (Lipinski definition) is 4. The molecule has 0 spiro atoms. The van der Waals surface area contributed by atoms with Crippen LogP contribution in [-0.2, 0) is 10.0 Å². The van der Waals surface area contributed by atoms with Gasteiger partial charge in [0.15, 0.2) is 5.82 Å². The number of aliphatic hydroxyl groups is 2. The van der Waals surface area contributed by atoms with Crippen LogP contribution in [0.5, 0.6) is 5.75 Å². The van der Waals surface area contributed by atoms with Gasteiger partial charge in [-0.05, 0) is 46.0 Å². The highest BCUT2D eigenvalue weighted by Gasteiger charge is 2.28. The highest BCUT2D eigenvalue weighted by molar-refractivity contribution is 7.88. The summed E-state index contributed by atoms with van der Waals surface area (Å²) < 4.78 is 31.2. The standard InChI is InChI=1S/C25H35ClN6O5S/c1-15-23(22(16(2)27)17(3)33)29-24(30-25(15)31-8-10-32(11-9-31)38(5,35)36)20-12-19(6-7-21(20)26)37-14-18(34)13-28-4/h6-7,12,18,27-28,33-34H,8-11,13-14H2,1-5H3/b22-17+,27-16?/t18-/m1/s1. The second kappa shape index (κ2) is 12.4. The van der Waals surface area contributed by atoms with E-state index in [4.69, 9.17) is 31.7 Å². The summed E-state index contributed by atoms with van der Waals surface area (Å²) in [6.07, 6.45) is 0.492. The molecule has 38 heavy (non-hydrogen) atoms. The number of piperazine rings is 1. The van der Waals surface area contributed by atoms with Crippen LogP contribution in [0.25, 0.3) is 17.0 Å². The first kappa shape index (κ1) is 29.8. The molecule has 2 aromatic rings. The van der Waals surface area contributed by atoms with Crippen molar-refractivity contribution in [3.05, 3.63) is 40.2 Å². The summed E-state index contributed by atoms with van der Waals surface area (Å²) in [5.41, 5.74) is 1.92. The van der Waals surface area contributed by atoms with Crippen LogP contribution in [-0.4, -0.2) is 97.4 Å². The van der Waals surface area contributed by atoms with Gasteiger partial charge in [0, 0.05) is 49.6 Å². The molecule has 1 fully saturated rings. The largest absolute Gasteiger partial charge is 0.512 e. The van der Waals surface area contributed by atoms with Gasteiger partial charge in [0.1, 0.15) is 30.0 Å². The van der Waals surface area contributed by atoms with Crippen molar-refractivity contribution in [1.29, 1.82) is 5.41 Å². The molecule has 2 heterocycles. The number of sulfonamides is 1. The number of allylic oxidation sites excluding steroid dienone is 2. The third-order valence-corrected chi connectivity index (χ3v) is 7.79. The molecule has 11 nitrogen and oxygen atoms in total. The Kier molecular flexibility index (Phi) is 9.71. The van der Waals surface area contributed by atoms with Gasteiger partial charge < -0.3 is 30.6 Å². The number of anilines is 1. The summed E-state index contributed by atoms with van der Waals surface area (Å²) in [6.45, 7) is 6.74. The lowest BCUT2D eigenvalue weighted by atomic mass is 10.0. The summed E-state index contributed by atoms with van der Waals surface area (Å²) >= 11 is 6.56.